The number of amides is 1. The first-order valence-corrected chi connectivity index (χ1v) is 7.33. The molecule has 1 unspecified atom stereocenters. The second kappa shape index (κ2) is 6.94. The molecule has 0 spiro atoms. The minimum absolute atomic E-state index is 0.0141. The molecule has 9 heteroatoms. The highest BCUT2D eigenvalue weighted by atomic mass is 32.2. The topological polar surface area (TPSA) is 101 Å². The zero-order valence-electron chi connectivity index (χ0n) is 10.9. The zero-order valence-corrected chi connectivity index (χ0v) is 11.8. The summed E-state index contributed by atoms with van der Waals surface area (Å²) in [7, 11) is 0.354. The zero-order chi connectivity index (χ0) is 15.3. The van der Waals surface area contributed by atoms with E-state index >= 15 is 0 Å². The standard InChI is InChI=1S/C11H14FN3O4S/c1-13-9-5-7(10(15(17)18)6-8(9)12)11(16)14-3-4-20(2)19/h5-6,13H,3-4H2,1-2H3,(H,14,16). The number of hydrogen-bond acceptors (Lipinski definition) is 5. The van der Waals surface area contributed by atoms with E-state index in [1.165, 1.54) is 13.3 Å². The van der Waals surface area contributed by atoms with Crippen molar-refractivity contribution >= 4 is 28.1 Å². The Morgan fingerprint density at radius 1 is 1.50 bits per heavy atom. The maximum Gasteiger partial charge on any atom is 0.285 e. The quantitative estimate of drug-likeness (QED) is 0.600. The molecule has 7 nitrogen and oxygen atoms in total. The van der Waals surface area contributed by atoms with Crippen LogP contribution in [0.5, 0.6) is 0 Å². The third-order valence-corrected chi connectivity index (χ3v) is 3.25. The molecule has 1 atom stereocenters. The van der Waals surface area contributed by atoms with Gasteiger partial charge >= 0.3 is 0 Å². The monoisotopic (exact) mass is 303 g/mol. The first-order chi connectivity index (χ1) is 9.36. The van der Waals surface area contributed by atoms with Crippen molar-refractivity contribution in [1.82, 2.24) is 5.32 Å². The van der Waals surface area contributed by atoms with Gasteiger partial charge in [0.05, 0.1) is 16.7 Å². The summed E-state index contributed by atoms with van der Waals surface area (Å²) in [4.78, 5) is 21.9. The molecule has 0 saturated carbocycles. The van der Waals surface area contributed by atoms with Crippen LogP contribution in [-0.4, -0.2) is 40.6 Å². The number of benzene rings is 1. The van der Waals surface area contributed by atoms with Crippen molar-refractivity contribution in [1.29, 1.82) is 0 Å². The van der Waals surface area contributed by atoms with Crippen LogP contribution in [0.2, 0.25) is 0 Å². The average molecular weight is 303 g/mol. The number of rotatable bonds is 6. The number of nitrogens with one attached hydrogen (secondary N) is 2. The second-order valence-corrected chi connectivity index (χ2v) is 5.44. The Labute approximate surface area is 117 Å². The lowest BCUT2D eigenvalue weighted by atomic mass is 10.1. The molecule has 1 rings (SSSR count). The highest BCUT2D eigenvalue weighted by molar-refractivity contribution is 7.84. The van der Waals surface area contributed by atoms with Gasteiger partial charge in [-0.15, -0.1) is 0 Å². The van der Waals surface area contributed by atoms with Crippen LogP contribution in [0, 0.1) is 15.9 Å². The predicted molar refractivity (Wildman–Crippen MR) is 73.9 cm³/mol. The summed E-state index contributed by atoms with van der Waals surface area (Å²) in [6.07, 6.45) is 1.48. The fourth-order valence-electron chi connectivity index (χ4n) is 1.49. The van der Waals surface area contributed by atoms with Crippen molar-refractivity contribution in [2.45, 2.75) is 0 Å². The lowest BCUT2D eigenvalue weighted by Crippen LogP contribution is -2.28. The van der Waals surface area contributed by atoms with E-state index in [4.69, 9.17) is 0 Å². The molecule has 1 amide bonds. The van der Waals surface area contributed by atoms with Crippen molar-refractivity contribution in [3.8, 4) is 0 Å². The minimum atomic E-state index is -1.08. The Morgan fingerprint density at radius 3 is 2.65 bits per heavy atom. The Bertz CT molecular complexity index is 565. The van der Waals surface area contributed by atoms with Crippen LogP contribution in [0.25, 0.3) is 0 Å². The molecule has 0 aliphatic rings. The number of nitrogens with zero attached hydrogens (tertiary/aromatic N) is 1. The molecule has 1 aromatic carbocycles. The van der Waals surface area contributed by atoms with Gasteiger partial charge in [0.2, 0.25) is 0 Å². The molecule has 0 aliphatic heterocycles. The molecular formula is C11H14FN3O4S. The number of nitro benzene ring substituents is 1. The van der Waals surface area contributed by atoms with Gasteiger partial charge in [-0.2, -0.15) is 0 Å². The fraction of sp³-hybridized carbons (Fsp3) is 0.364. The van der Waals surface area contributed by atoms with Crippen LogP contribution in [0.3, 0.4) is 0 Å². The second-order valence-electron chi connectivity index (χ2n) is 3.89. The number of anilines is 1. The summed E-state index contributed by atoms with van der Waals surface area (Å²) in [5, 5.41) is 15.8. The van der Waals surface area contributed by atoms with Gasteiger partial charge in [-0.05, 0) is 6.07 Å². The highest BCUT2D eigenvalue weighted by Gasteiger charge is 2.23. The molecule has 0 radical (unpaired) electrons. The van der Waals surface area contributed by atoms with Gasteiger partial charge in [-0.25, -0.2) is 4.39 Å². The van der Waals surface area contributed by atoms with Gasteiger partial charge in [0.1, 0.15) is 5.56 Å². The van der Waals surface area contributed by atoms with Crippen molar-refractivity contribution in [2.24, 2.45) is 0 Å². The number of nitro groups is 1. The van der Waals surface area contributed by atoms with Crippen LogP contribution >= 0.6 is 0 Å². The van der Waals surface area contributed by atoms with E-state index in [0.717, 1.165) is 6.07 Å². The van der Waals surface area contributed by atoms with Crippen molar-refractivity contribution in [3.05, 3.63) is 33.6 Å². The smallest absolute Gasteiger partial charge is 0.285 e. The summed E-state index contributed by atoms with van der Waals surface area (Å²) in [5.41, 5.74) is -0.876. The van der Waals surface area contributed by atoms with Crippen molar-refractivity contribution in [2.75, 3.05) is 30.9 Å². The van der Waals surface area contributed by atoms with Crippen molar-refractivity contribution < 1.29 is 18.3 Å². The number of halogens is 1. The lowest BCUT2D eigenvalue weighted by molar-refractivity contribution is -0.385. The number of carbonyl (C=O) groups is 1. The molecule has 0 saturated heterocycles. The highest BCUT2D eigenvalue weighted by Crippen LogP contribution is 2.25. The Hall–Kier alpha value is -2.03. The van der Waals surface area contributed by atoms with Gasteiger partial charge in [-0.1, -0.05) is 0 Å². The predicted octanol–water partition coefficient (Wildman–Crippen LogP) is 0.884. The van der Waals surface area contributed by atoms with Gasteiger partial charge in [-0.3, -0.25) is 19.1 Å². The van der Waals surface area contributed by atoms with E-state index in [1.807, 2.05) is 0 Å². The molecule has 2 N–H and O–H groups in total. The largest absolute Gasteiger partial charge is 0.386 e. The number of hydrogen-bond donors (Lipinski definition) is 2. The van der Waals surface area contributed by atoms with Gasteiger partial charge in [0, 0.05) is 36.4 Å². The molecule has 110 valence electrons. The first-order valence-electron chi connectivity index (χ1n) is 5.60. The van der Waals surface area contributed by atoms with E-state index < -0.39 is 33.1 Å². The molecule has 0 aliphatic carbocycles. The normalized spacial score (nSPS) is 11.8. The molecule has 20 heavy (non-hydrogen) atoms. The van der Waals surface area contributed by atoms with Crippen LogP contribution in [0.4, 0.5) is 15.8 Å². The lowest BCUT2D eigenvalue weighted by Gasteiger charge is -2.08. The fourth-order valence-corrected chi connectivity index (χ4v) is 1.88. The Morgan fingerprint density at radius 2 is 2.15 bits per heavy atom. The summed E-state index contributed by atoms with van der Waals surface area (Å²) in [6.45, 7) is 0.116. The molecule has 0 aromatic heterocycles. The summed E-state index contributed by atoms with van der Waals surface area (Å²) >= 11 is 0. The third kappa shape index (κ3) is 3.98. The van der Waals surface area contributed by atoms with E-state index in [2.05, 4.69) is 10.6 Å². The molecule has 0 bridgehead atoms. The van der Waals surface area contributed by atoms with E-state index in [9.17, 15) is 23.5 Å². The van der Waals surface area contributed by atoms with Crippen LogP contribution in [0.1, 0.15) is 10.4 Å². The summed E-state index contributed by atoms with van der Waals surface area (Å²) in [5.74, 6) is -1.29. The van der Waals surface area contributed by atoms with Gasteiger partial charge in [0.25, 0.3) is 11.6 Å². The molecule has 1 aromatic rings. The summed E-state index contributed by atoms with van der Waals surface area (Å²) in [6, 6.07) is 1.77. The molecule has 0 heterocycles. The van der Waals surface area contributed by atoms with Crippen LogP contribution < -0.4 is 10.6 Å². The van der Waals surface area contributed by atoms with E-state index in [1.54, 1.807) is 0 Å². The van der Waals surface area contributed by atoms with Gasteiger partial charge in [0.15, 0.2) is 5.82 Å². The average Bonchev–Trinajstić information content (AvgIpc) is 2.37. The molecular weight excluding hydrogens is 289 g/mol. The van der Waals surface area contributed by atoms with E-state index in [-0.39, 0.29) is 23.5 Å². The SMILES string of the molecule is CNc1cc(C(=O)NCCS(C)=O)c([N+](=O)[O-])cc1F. The first kappa shape index (κ1) is 16.0. The van der Waals surface area contributed by atoms with Crippen LogP contribution in [0.15, 0.2) is 12.1 Å². The minimum Gasteiger partial charge on any atom is -0.386 e. The molecule has 0 fully saturated rings. The third-order valence-electron chi connectivity index (χ3n) is 2.47. The Balaban J connectivity index is 3.04. The van der Waals surface area contributed by atoms with Crippen molar-refractivity contribution in [3.63, 3.8) is 0 Å². The van der Waals surface area contributed by atoms with Gasteiger partial charge < -0.3 is 10.6 Å². The van der Waals surface area contributed by atoms with Crippen LogP contribution in [-0.2, 0) is 10.8 Å². The Kier molecular flexibility index (Phi) is 5.56. The maximum absolute atomic E-state index is 13.5. The summed E-state index contributed by atoms with van der Waals surface area (Å²) < 4.78 is 24.3. The number of carbonyl (C=O) groups excluding carboxylic acids is 1. The maximum atomic E-state index is 13.5. The van der Waals surface area contributed by atoms with E-state index in [0.29, 0.717) is 6.07 Å².